The second-order valence-electron chi connectivity index (χ2n) is 4.54. The Morgan fingerprint density at radius 1 is 1.41 bits per heavy atom. The number of carbonyl (C=O) groups is 2. The van der Waals surface area contributed by atoms with E-state index in [-0.39, 0.29) is 25.1 Å². The number of carbonyl (C=O) groups excluding carboxylic acids is 1. The zero-order chi connectivity index (χ0) is 12.8. The predicted molar refractivity (Wildman–Crippen MR) is 61.6 cm³/mol. The molecule has 0 spiro atoms. The van der Waals surface area contributed by atoms with Crippen molar-refractivity contribution in [2.24, 2.45) is 11.8 Å². The minimum atomic E-state index is -0.913. The molecule has 1 heterocycles. The summed E-state index contributed by atoms with van der Waals surface area (Å²) in [7, 11) is 0. The number of likely N-dealkylation sites (tertiary alicyclic amines) is 1. The lowest BCUT2D eigenvalue weighted by Gasteiger charge is -2.31. The van der Waals surface area contributed by atoms with Crippen LogP contribution < -0.4 is 5.32 Å². The van der Waals surface area contributed by atoms with Crippen molar-refractivity contribution in [2.75, 3.05) is 26.2 Å². The molecule has 6 nitrogen and oxygen atoms in total. The van der Waals surface area contributed by atoms with E-state index in [2.05, 4.69) is 5.32 Å². The number of amides is 2. The minimum absolute atomic E-state index is 0.147. The Hall–Kier alpha value is -1.30. The van der Waals surface area contributed by atoms with E-state index in [1.165, 1.54) is 0 Å². The van der Waals surface area contributed by atoms with Crippen LogP contribution in [0.2, 0.25) is 0 Å². The molecule has 1 atom stereocenters. The third kappa shape index (κ3) is 4.22. The highest BCUT2D eigenvalue weighted by molar-refractivity contribution is 5.76. The van der Waals surface area contributed by atoms with E-state index in [1.54, 1.807) is 11.8 Å². The second-order valence-corrected chi connectivity index (χ2v) is 4.54. The third-order valence-electron chi connectivity index (χ3n) is 3.14. The molecule has 98 valence electrons. The number of carboxylic acids is 1. The number of nitrogens with zero attached hydrogens (tertiary/aromatic N) is 1. The molecule has 17 heavy (non-hydrogen) atoms. The summed E-state index contributed by atoms with van der Waals surface area (Å²) in [5.74, 6) is -1.20. The highest BCUT2D eigenvalue weighted by Gasteiger charge is 2.22. The Kier molecular flexibility index (Phi) is 5.21. The SMILES string of the molecule is CC(CNC(=O)N1CCC(CO)CC1)C(=O)O. The van der Waals surface area contributed by atoms with Crippen molar-refractivity contribution in [3.63, 3.8) is 0 Å². The van der Waals surface area contributed by atoms with Gasteiger partial charge < -0.3 is 20.4 Å². The summed E-state index contributed by atoms with van der Waals surface area (Å²) in [6.07, 6.45) is 1.61. The van der Waals surface area contributed by atoms with Gasteiger partial charge in [0.05, 0.1) is 5.92 Å². The first-order chi connectivity index (χ1) is 8.04. The van der Waals surface area contributed by atoms with Gasteiger partial charge in [-0.05, 0) is 18.8 Å². The van der Waals surface area contributed by atoms with Gasteiger partial charge in [0.25, 0.3) is 0 Å². The van der Waals surface area contributed by atoms with Gasteiger partial charge in [-0.1, -0.05) is 6.92 Å². The highest BCUT2D eigenvalue weighted by atomic mass is 16.4. The summed E-state index contributed by atoms with van der Waals surface area (Å²) in [6, 6.07) is -0.213. The van der Waals surface area contributed by atoms with Gasteiger partial charge in [-0.3, -0.25) is 4.79 Å². The van der Waals surface area contributed by atoms with Gasteiger partial charge >= 0.3 is 12.0 Å². The second kappa shape index (κ2) is 6.44. The molecule has 0 aromatic heterocycles. The van der Waals surface area contributed by atoms with Crippen LogP contribution in [-0.4, -0.2) is 53.4 Å². The molecule has 0 radical (unpaired) electrons. The molecule has 1 rings (SSSR count). The Bertz CT molecular complexity index is 275. The normalized spacial score (nSPS) is 18.8. The first-order valence-electron chi connectivity index (χ1n) is 5.91. The summed E-state index contributed by atoms with van der Waals surface area (Å²) in [6.45, 7) is 3.12. The van der Waals surface area contributed by atoms with Crippen molar-refractivity contribution in [3.8, 4) is 0 Å². The zero-order valence-electron chi connectivity index (χ0n) is 10.1. The van der Waals surface area contributed by atoms with Crippen molar-refractivity contribution in [2.45, 2.75) is 19.8 Å². The molecule has 1 fully saturated rings. The van der Waals surface area contributed by atoms with Crippen LogP contribution in [0.1, 0.15) is 19.8 Å². The topological polar surface area (TPSA) is 89.9 Å². The molecule has 1 saturated heterocycles. The highest BCUT2D eigenvalue weighted by Crippen LogP contribution is 2.16. The van der Waals surface area contributed by atoms with Gasteiger partial charge in [0.15, 0.2) is 0 Å². The van der Waals surface area contributed by atoms with Crippen molar-refractivity contribution >= 4 is 12.0 Å². The van der Waals surface area contributed by atoms with E-state index in [4.69, 9.17) is 10.2 Å². The van der Waals surface area contributed by atoms with E-state index in [9.17, 15) is 9.59 Å². The molecule has 6 heteroatoms. The number of piperidine rings is 1. The van der Waals surface area contributed by atoms with Gasteiger partial charge in [-0.15, -0.1) is 0 Å². The molecule has 0 aromatic rings. The number of nitrogens with one attached hydrogen (secondary N) is 1. The van der Waals surface area contributed by atoms with Crippen LogP contribution in [0.5, 0.6) is 0 Å². The molecule has 1 unspecified atom stereocenters. The maximum absolute atomic E-state index is 11.7. The summed E-state index contributed by atoms with van der Waals surface area (Å²) < 4.78 is 0. The predicted octanol–water partition coefficient (Wildman–Crippen LogP) is 0.121. The number of carboxylic acid groups (broad SMARTS) is 1. The van der Waals surface area contributed by atoms with Crippen molar-refractivity contribution in [3.05, 3.63) is 0 Å². The fourth-order valence-corrected chi connectivity index (χ4v) is 1.76. The molecule has 0 bridgehead atoms. The van der Waals surface area contributed by atoms with Crippen LogP contribution in [0, 0.1) is 11.8 Å². The Labute approximate surface area is 101 Å². The van der Waals surface area contributed by atoms with E-state index in [1.807, 2.05) is 0 Å². The molecule has 1 aliphatic heterocycles. The lowest BCUT2D eigenvalue weighted by Crippen LogP contribution is -2.46. The van der Waals surface area contributed by atoms with Crippen LogP contribution in [0.25, 0.3) is 0 Å². The maximum atomic E-state index is 11.7. The largest absolute Gasteiger partial charge is 0.481 e. The van der Waals surface area contributed by atoms with Gasteiger partial charge in [0.1, 0.15) is 0 Å². The lowest BCUT2D eigenvalue weighted by molar-refractivity contribution is -0.140. The molecule has 0 aliphatic carbocycles. The monoisotopic (exact) mass is 244 g/mol. The van der Waals surface area contributed by atoms with Gasteiger partial charge in [-0.25, -0.2) is 4.79 Å². The Balaban J connectivity index is 2.27. The quantitative estimate of drug-likeness (QED) is 0.655. The lowest BCUT2D eigenvalue weighted by atomic mass is 9.98. The number of hydrogen-bond acceptors (Lipinski definition) is 3. The number of hydrogen-bond donors (Lipinski definition) is 3. The summed E-state index contributed by atoms with van der Waals surface area (Å²) in [4.78, 5) is 23.9. The van der Waals surface area contributed by atoms with Crippen LogP contribution in [-0.2, 0) is 4.79 Å². The fraction of sp³-hybridized carbons (Fsp3) is 0.818. The van der Waals surface area contributed by atoms with Crippen molar-refractivity contribution in [1.29, 1.82) is 0 Å². The number of aliphatic hydroxyl groups excluding tert-OH is 1. The van der Waals surface area contributed by atoms with E-state index < -0.39 is 11.9 Å². The minimum Gasteiger partial charge on any atom is -0.481 e. The number of aliphatic carboxylic acids is 1. The molecule has 0 aromatic carbocycles. The summed E-state index contributed by atoms with van der Waals surface area (Å²) in [5.41, 5.74) is 0. The molecule has 0 saturated carbocycles. The first-order valence-corrected chi connectivity index (χ1v) is 5.91. The fourth-order valence-electron chi connectivity index (χ4n) is 1.76. The molecule has 2 amide bonds. The van der Waals surface area contributed by atoms with E-state index in [0.717, 1.165) is 12.8 Å². The van der Waals surface area contributed by atoms with Gasteiger partial charge in [0.2, 0.25) is 0 Å². The van der Waals surface area contributed by atoms with E-state index >= 15 is 0 Å². The van der Waals surface area contributed by atoms with Crippen LogP contribution >= 0.6 is 0 Å². The van der Waals surface area contributed by atoms with Crippen molar-refractivity contribution in [1.82, 2.24) is 10.2 Å². The Morgan fingerprint density at radius 2 is 2.00 bits per heavy atom. The zero-order valence-corrected chi connectivity index (χ0v) is 10.1. The first kappa shape index (κ1) is 13.8. The smallest absolute Gasteiger partial charge is 0.317 e. The van der Waals surface area contributed by atoms with Crippen LogP contribution in [0.4, 0.5) is 4.79 Å². The molecule has 1 aliphatic rings. The summed E-state index contributed by atoms with van der Waals surface area (Å²) in [5, 5.41) is 20.3. The van der Waals surface area contributed by atoms with Crippen LogP contribution in [0.3, 0.4) is 0 Å². The molecule has 3 N–H and O–H groups in total. The van der Waals surface area contributed by atoms with E-state index in [0.29, 0.717) is 13.1 Å². The average Bonchev–Trinajstić information content (AvgIpc) is 2.35. The van der Waals surface area contributed by atoms with Gasteiger partial charge in [-0.2, -0.15) is 0 Å². The molecular weight excluding hydrogens is 224 g/mol. The standard InChI is InChI=1S/C11H20N2O4/c1-8(10(15)16)6-12-11(17)13-4-2-9(7-14)3-5-13/h8-9,14H,2-7H2,1H3,(H,12,17)(H,15,16). The average molecular weight is 244 g/mol. The number of urea groups is 1. The summed E-state index contributed by atoms with van der Waals surface area (Å²) >= 11 is 0. The number of aliphatic hydroxyl groups is 1. The molecular formula is C11H20N2O4. The third-order valence-corrected chi connectivity index (χ3v) is 3.14. The van der Waals surface area contributed by atoms with Gasteiger partial charge in [0, 0.05) is 26.2 Å². The number of rotatable bonds is 4. The van der Waals surface area contributed by atoms with Crippen LogP contribution in [0.15, 0.2) is 0 Å². The van der Waals surface area contributed by atoms with Crippen molar-refractivity contribution < 1.29 is 19.8 Å². The maximum Gasteiger partial charge on any atom is 0.317 e. The Morgan fingerprint density at radius 3 is 2.47 bits per heavy atom.